The average Bonchev–Trinajstić information content (AvgIpc) is 2.73. The van der Waals surface area contributed by atoms with E-state index in [2.05, 4.69) is 20.9 Å². The zero-order chi connectivity index (χ0) is 19.8. The number of hydrogen-bond acceptors (Lipinski definition) is 6. The largest absolute Gasteiger partial charge is 0.385 e. The normalized spacial score (nSPS) is 10.8. The molecule has 0 saturated heterocycles. The zero-order valence-corrected chi connectivity index (χ0v) is 16.3. The Bertz CT molecular complexity index is 951. The van der Waals surface area contributed by atoms with E-state index in [9.17, 15) is 9.59 Å². The predicted octanol–water partition coefficient (Wildman–Crippen LogP) is 4.16. The third-order valence-electron chi connectivity index (χ3n) is 4.44. The number of pyridine rings is 1. The first-order chi connectivity index (χ1) is 13.6. The van der Waals surface area contributed by atoms with E-state index < -0.39 is 10.9 Å². The molecule has 2 aromatic carbocycles. The summed E-state index contributed by atoms with van der Waals surface area (Å²) in [6.07, 6.45) is 7.41. The summed E-state index contributed by atoms with van der Waals surface area (Å²) in [4.78, 5) is 27.5. The molecule has 1 aromatic heterocycles. The molecule has 0 aliphatic heterocycles. The van der Waals surface area contributed by atoms with Crippen LogP contribution in [0.1, 0.15) is 25.7 Å². The second kappa shape index (κ2) is 9.90. The molecular formula is C21H23ClN4O2. The molecule has 0 spiro atoms. The van der Waals surface area contributed by atoms with Gasteiger partial charge in [-0.2, -0.15) is 0 Å². The summed E-state index contributed by atoms with van der Waals surface area (Å²) in [7, 11) is 0. The summed E-state index contributed by atoms with van der Waals surface area (Å²) in [5.41, 5.74) is 1.59. The molecule has 3 rings (SSSR count). The fourth-order valence-corrected chi connectivity index (χ4v) is 3.00. The van der Waals surface area contributed by atoms with Gasteiger partial charge in [0.2, 0.25) is 0 Å². The van der Waals surface area contributed by atoms with E-state index in [1.165, 1.54) is 0 Å². The van der Waals surface area contributed by atoms with E-state index in [1.54, 1.807) is 24.5 Å². The van der Waals surface area contributed by atoms with Gasteiger partial charge in [-0.05, 0) is 49.2 Å². The molecule has 3 aromatic rings. The molecule has 0 saturated carbocycles. The van der Waals surface area contributed by atoms with Crippen molar-refractivity contribution >= 4 is 34.4 Å². The van der Waals surface area contributed by atoms with E-state index >= 15 is 0 Å². The summed E-state index contributed by atoms with van der Waals surface area (Å²) in [5, 5.41) is 10.2. The van der Waals surface area contributed by atoms with E-state index in [0.29, 0.717) is 17.9 Å². The smallest absolute Gasteiger partial charge is 0.253 e. The summed E-state index contributed by atoms with van der Waals surface area (Å²) in [5.74, 6) is 0. The van der Waals surface area contributed by atoms with Crippen LogP contribution in [0.3, 0.4) is 0 Å². The van der Waals surface area contributed by atoms with Crippen LogP contribution in [0.5, 0.6) is 0 Å². The van der Waals surface area contributed by atoms with Crippen LogP contribution >= 0.6 is 11.6 Å². The summed E-state index contributed by atoms with van der Waals surface area (Å²) >= 11 is 5.86. The predicted molar refractivity (Wildman–Crippen MR) is 116 cm³/mol. The Balaban J connectivity index is 1.32. The SMILES string of the molecule is O=c1c(NCCCCCCNc2ccc(Cl)cc2)c(Nc2ccncc2)c1=O. The highest BCUT2D eigenvalue weighted by atomic mass is 35.5. The van der Waals surface area contributed by atoms with E-state index in [0.717, 1.165) is 48.6 Å². The zero-order valence-electron chi connectivity index (χ0n) is 15.5. The van der Waals surface area contributed by atoms with Crippen molar-refractivity contribution in [2.45, 2.75) is 25.7 Å². The van der Waals surface area contributed by atoms with Gasteiger partial charge in [0.15, 0.2) is 0 Å². The molecule has 0 unspecified atom stereocenters. The van der Waals surface area contributed by atoms with Crippen LogP contribution < -0.4 is 26.8 Å². The van der Waals surface area contributed by atoms with Gasteiger partial charge in [-0.3, -0.25) is 14.6 Å². The lowest BCUT2D eigenvalue weighted by molar-refractivity contribution is 0.670. The first-order valence-electron chi connectivity index (χ1n) is 9.39. The first-order valence-corrected chi connectivity index (χ1v) is 9.76. The van der Waals surface area contributed by atoms with Gasteiger partial charge in [0.05, 0.1) is 0 Å². The van der Waals surface area contributed by atoms with Gasteiger partial charge >= 0.3 is 0 Å². The van der Waals surface area contributed by atoms with Crippen molar-refractivity contribution in [1.29, 1.82) is 0 Å². The molecular weight excluding hydrogens is 376 g/mol. The molecule has 3 N–H and O–H groups in total. The molecule has 0 aliphatic rings. The molecule has 0 amide bonds. The first kappa shape index (κ1) is 19.9. The van der Waals surface area contributed by atoms with Crippen LogP contribution in [-0.2, 0) is 0 Å². The minimum Gasteiger partial charge on any atom is -0.385 e. The number of nitrogens with one attached hydrogen (secondary N) is 3. The Morgan fingerprint density at radius 3 is 2.00 bits per heavy atom. The van der Waals surface area contributed by atoms with Gasteiger partial charge in [0.1, 0.15) is 11.4 Å². The summed E-state index contributed by atoms with van der Waals surface area (Å²) in [6.45, 7) is 1.58. The van der Waals surface area contributed by atoms with E-state index in [4.69, 9.17) is 11.6 Å². The lowest BCUT2D eigenvalue weighted by atomic mass is 10.1. The topological polar surface area (TPSA) is 83.1 Å². The Hall–Kier alpha value is -2.86. The summed E-state index contributed by atoms with van der Waals surface area (Å²) in [6, 6.07) is 11.2. The third kappa shape index (κ3) is 5.33. The Kier molecular flexibility index (Phi) is 7.03. The number of unbranched alkanes of at least 4 members (excludes halogenated alkanes) is 3. The number of anilines is 4. The van der Waals surface area contributed by atoms with Gasteiger partial charge < -0.3 is 16.0 Å². The minimum absolute atomic E-state index is 0.336. The molecule has 146 valence electrons. The molecule has 1 heterocycles. The summed E-state index contributed by atoms with van der Waals surface area (Å²) < 4.78 is 0. The molecule has 28 heavy (non-hydrogen) atoms. The highest BCUT2D eigenvalue weighted by molar-refractivity contribution is 6.30. The third-order valence-corrected chi connectivity index (χ3v) is 4.69. The molecule has 0 aliphatic carbocycles. The van der Waals surface area contributed by atoms with Crippen LogP contribution in [0.15, 0.2) is 58.4 Å². The lowest BCUT2D eigenvalue weighted by Gasteiger charge is -2.14. The Morgan fingerprint density at radius 1 is 0.714 bits per heavy atom. The number of rotatable bonds is 11. The van der Waals surface area contributed by atoms with Gasteiger partial charge in [-0.15, -0.1) is 0 Å². The molecule has 7 heteroatoms. The lowest BCUT2D eigenvalue weighted by Crippen LogP contribution is -2.36. The Labute approximate surface area is 168 Å². The van der Waals surface area contributed by atoms with Crippen molar-refractivity contribution in [2.24, 2.45) is 0 Å². The monoisotopic (exact) mass is 398 g/mol. The highest BCUT2D eigenvalue weighted by Crippen LogP contribution is 2.20. The Morgan fingerprint density at radius 2 is 1.32 bits per heavy atom. The van der Waals surface area contributed by atoms with E-state index in [1.807, 2.05) is 24.3 Å². The molecule has 6 nitrogen and oxygen atoms in total. The van der Waals surface area contributed by atoms with Crippen LogP contribution in [0.4, 0.5) is 22.7 Å². The highest BCUT2D eigenvalue weighted by Gasteiger charge is 2.20. The maximum absolute atomic E-state index is 11.8. The fourth-order valence-electron chi connectivity index (χ4n) is 2.88. The number of benzene rings is 1. The maximum Gasteiger partial charge on any atom is 0.253 e. The fraction of sp³-hybridized carbons (Fsp3) is 0.286. The maximum atomic E-state index is 11.8. The second-order valence-corrected chi connectivity index (χ2v) is 6.98. The molecule has 0 bridgehead atoms. The van der Waals surface area contributed by atoms with Gasteiger partial charge in [0, 0.05) is 41.9 Å². The van der Waals surface area contributed by atoms with Crippen molar-refractivity contribution in [2.75, 3.05) is 29.0 Å². The van der Waals surface area contributed by atoms with Crippen molar-refractivity contribution in [3.8, 4) is 0 Å². The number of halogens is 1. The van der Waals surface area contributed by atoms with Crippen LogP contribution in [0.25, 0.3) is 0 Å². The standard InChI is InChI=1S/C21H23ClN4O2/c22-15-5-7-16(8-6-15)24-11-3-1-2-4-12-25-18-19(21(28)20(18)27)26-17-9-13-23-14-10-17/h5-10,13-14,24-25H,1-4,11-12H2,(H,23,26). The molecule has 0 atom stereocenters. The van der Waals surface area contributed by atoms with Crippen molar-refractivity contribution in [1.82, 2.24) is 4.98 Å². The van der Waals surface area contributed by atoms with Crippen LogP contribution in [-0.4, -0.2) is 18.1 Å². The minimum atomic E-state index is -0.479. The van der Waals surface area contributed by atoms with E-state index in [-0.39, 0.29) is 0 Å². The van der Waals surface area contributed by atoms with Crippen LogP contribution in [0.2, 0.25) is 5.02 Å². The van der Waals surface area contributed by atoms with Gasteiger partial charge in [-0.1, -0.05) is 24.4 Å². The average molecular weight is 399 g/mol. The number of nitrogens with zero attached hydrogens (tertiary/aromatic N) is 1. The van der Waals surface area contributed by atoms with Crippen molar-refractivity contribution in [3.05, 3.63) is 74.3 Å². The quantitative estimate of drug-likeness (QED) is 0.332. The van der Waals surface area contributed by atoms with Gasteiger partial charge in [0.25, 0.3) is 10.9 Å². The van der Waals surface area contributed by atoms with Crippen molar-refractivity contribution < 1.29 is 0 Å². The molecule has 0 fully saturated rings. The van der Waals surface area contributed by atoms with Crippen LogP contribution in [0, 0.1) is 0 Å². The van der Waals surface area contributed by atoms with Crippen molar-refractivity contribution in [3.63, 3.8) is 0 Å². The molecule has 0 radical (unpaired) electrons. The number of aromatic nitrogens is 1. The van der Waals surface area contributed by atoms with Gasteiger partial charge in [-0.25, -0.2) is 0 Å². The second-order valence-electron chi connectivity index (χ2n) is 6.54. The number of hydrogen-bond donors (Lipinski definition) is 3.